The molecule has 0 atom stereocenters. The van der Waals surface area contributed by atoms with Crippen LogP contribution >= 0.6 is 15.9 Å². The Balaban J connectivity index is 2.73. The molecule has 0 aliphatic heterocycles. The van der Waals surface area contributed by atoms with Crippen LogP contribution < -0.4 is 0 Å². The SMILES string of the molecule is Cc1cc(Br)c(F)cc1-n1c(C)cc(C(=O)O)c1C. The first-order valence-corrected chi connectivity index (χ1v) is 6.50. The Morgan fingerprint density at radius 2 is 1.89 bits per heavy atom. The first-order chi connectivity index (χ1) is 8.82. The molecule has 0 fully saturated rings. The van der Waals surface area contributed by atoms with Gasteiger partial charge in [-0.05, 0) is 60.5 Å². The fourth-order valence-corrected chi connectivity index (χ4v) is 2.68. The largest absolute Gasteiger partial charge is 0.478 e. The summed E-state index contributed by atoms with van der Waals surface area (Å²) in [5.41, 5.74) is 3.12. The molecule has 0 amide bonds. The maximum Gasteiger partial charge on any atom is 0.337 e. The zero-order chi connectivity index (χ0) is 14.3. The van der Waals surface area contributed by atoms with E-state index in [1.807, 2.05) is 6.92 Å². The van der Waals surface area contributed by atoms with Gasteiger partial charge in [-0.15, -0.1) is 0 Å². The molecule has 2 aromatic rings. The van der Waals surface area contributed by atoms with Gasteiger partial charge in [-0.3, -0.25) is 0 Å². The first kappa shape index (κ1) is 13.8. The predicted octanol–water partition coefficient (Wildman–Crippen LogP) is 4.00. The molecule has 19 heavy (non-hydrogen) atoms. The van der Waals surface area contributed by atoms with Crippen molar-refractivity contribution in [2.75, 3.05) is 0 Å². The van der Waals surface area contributed by atoms with Crippen LogP contribution in [0, 0.1) is 26.6 Å². The number of hydrogen-bond donors (Lipinski definition) is 1. The number of carboxylic acid groups (broad SMARTS) is 1. The first-order valence-electron chi connectivity index (χ1n) is 5.71. The van der Waals surface area contributed by atoms with Crippen LogP contribution in [0.15, 0.2) is 22.7 Å². The highest BCUT2D eigenvalue weighted by atomic mass is 79.9. The van der Waals surface area contributed by atoms with Gasteiger partial charge in [-0.1, -0.05) is 0 Å². The molecule has 1 N–H and O–H groups in total. The Bertz CT molecular complexity index is 677. The lowest BCUT2D eigenvalue weighted by Crippen LogP contribution is -2.04. The molecular formula is C14H13BrFNO2. The van der Waals surface area contributed by atoms with Crippen LogP contribution in [0.25, 0.3) is 5.69 Å². The van der Waals surface area contributed by atoms with E-state index in [2.05, 4.69) is 15.9 Å². The van der Waals surface area contributed by atoms with Crippen molar-refractivity contribution >= 4 is 21.9 Å². The average molecular weight is 326 g/mol. The number of aromatic nitrogens is 1. The summed E-state index contributed by atoms with van der Waals surface area (Å²) in [6, 6.07) is 4.69. The van der Waals surface area contributed by atoms with Gasteiger partial charge in [-0.25, -0.2) is 9.18 Å². The zero-order valence-electron chi connectivity index (χ0n) is 10.8. The third kappa shape index (κ3) is 2.30. The minimum absolute atomic E-state index is 0.236. The molecule has 0 saturated heterocycles. The molecule has 0 spiro atoms. The monoisotopic (exact) mass is 325 g/mol. The number of carbonyl (C=O) groups is 1. The molecule has 0 aliphatic carbocycles. The number of halogens is 2. The number of aryl methyl sites for hydroxylation is 2. The minimum atomic E-state index is -0.977. The maximum absolute atomic E-state index is 13.7. The minimum Gasteiger partial charge on any atom is -0.478 e. The Morgan fingerprint density at radius 3 is 2.42 bits per heavy atom. The maximum atomic E-state index is 13.7. The van der Waals surface area contributed by atoms with E-state index in [9.17, 15) is 9.18 Å². The average Bonchev–Trinajstić information content (AvgIpc) is 2.60. The molecule has 1 aromatic carbocycles. The number of hydrogen-bond acceptors (Lipinski definition) is 1. The van der Waals surface area contributed by atoms with Gasteiger partial charge in [0.2, 0.25) is 0 Å². The van der Waals surface area contributed by atoms with Crippen molar-refractivity contribution in [3.8, 4) is 5.69 Å². The summed E-state index contributed by atoms with van der Waals surface area (Å²) in [5.74, 6) is -1.35. The molecule has 2 rings (SSSR count). The van der Waals surface area contributed by atoms with Crippen molar-refractivity contribution < 1.29 is 14.3 Å². The molecule has 1 heterocycles. The van der Waals surface area contributed by atoms with Crippen molar-refractivity contribution in [2.45, 2.75) is 20.8 Å². The summed E-state index contributed by atoms with van der Waals surface area (Å²) in [5, 5.41) is 9.12. The second-order valence-corrected chi connectivity index (χ2v) is 5.33. The van der Waals surface area contributed by atoms with Gasteiger partial charge in [0.05, 0.1) is 15.7 Å². The number of benzene rings is 1. The van der Waals surface area contributed by atoms with Crippen LogP contribution in [-0.2, 0) is 0 Å². The molecule has 5 heteroatoms. The highest BCUT2D eigenvalue weighted by Crippen LogP contribution is 2.27. The third-order valence-electron chi connectivity index (χ3n) is 3.14. The zero-order valence-corrected chi connectivity index (χ0v) is 12.4. The van der Waals surface area contributed by atoms with Gasteiger partial charge in [0.15, 0.2) is 0 Å². The highest BCUT2D eigenvalue weighted by Gasteiger charge is 2.17. The van der Waals surface area contributed by atoms with E-state index in [1.54, 1.807) is 30.5 Å². The quantitative estimate of drug-likeness (QED) is 0.906. The van der Waals surface area contributed by atoms with Crippen LogP contribution in [0.3, 0.4) is 0 Å². The molecule has 0 radical (unpaired) electrons. The normalized spacial score (nSPS) is 10.8. The summed E-state index contributed by atoms with van der Waals surface area (Å²) in [7, 11) is 0. The van der Waals surface area contributed by atoms with E-state index in [1.165, 1.54) is 6.07 Å². The summed E-state index contributed by atoms with van der Waals surface area (Å²) < 4.78 is 15.9. The highest BCUT2D eigenvalue weighted by molar-refractivity contribution is 9.10. The number of nitrogens with zero attached hydrogens (tertiary/aromatic N) is 1. The summed E-state index contributed by atoms with van der Waals surface area (Å²) in [6.07, 6.45) is 0. The Labute approximate surface area is 118 Å². The van der Waals surface area contributed by atoms with E-state index in [-0.39, 0.29) is 11.4 Å². The third-order valence-corrected chi connectivity index (χ3v) is 3.75. The summed E-state index contributed by atoms with van der Waals surface area (Å²) in [6.45, 7) is 5.38. The predicted molar refractivity (Wildman–Crippen MR) is 74.6 cm³/mol. The van der Waals surface area contributed by atoms with E-state index in [0.717, 1.165) is 11.3 Å². The van der Waals surface area contributed by atoms with Gasteiger partial charge in [0.25, 0.3) is 0 Å². The number of rotatable bonds is 2. The molecular weight excluding hydrogens is 313 g/mol. The standard InChI is InChI=1S/C14H13BrFNO2/c1-7-4-11(15)12(16)6-13(7)17-8(2)5-10(9(17)3)14(18)19/h4-6H,1-3H3,(H,18,19). The van der Waals surface area contributed by atoms with Crippen LogP contribution in [-0.4, -0.2) is 15.6 Å². The van der Waals surface area contributed by atoms with Crippen LogP contribution in [0.1, 0.15) is 27.3 Å². The molecule has 0 saturated carbocycles. The van der Waals surface area contributed by atoms with Crippen molar-refractivity contribution in [1.82, 2.24) is 4.57 Å². The Kier molecular flexibility index (Phi) is 3.49. The van der Waals surface area contributed by atoms with Crippen molar-refractivity contribution in [3.05, 3.63) is 51.0 Å². The van der Waals surface area contributed by atoms with E-state index in [4.69, 9.17) is 5.11 Å². The molecule has 3 nitrogen and oxygen atoms in total. The van der Waals surface area contributed by atoms with E-state index < -0.39 is 5.97 Å². The second-order valence-electron chi connectivity index (χ2n) is 4.48. The van der Waals surface area contributed by atoms with Gasteiger partial charge >= 0.3 is 5.97 Å². The van der Waals surface area contributed by atoms with Crippen LogP contribution in [0.4, 0.5) is 4.39 Å². The molecule has 0 bridgehead atoms. The fourth-order valence-electron chi connectivity index (χ4n) is 2.23. The van der Waals surface area contributed by atoms with Crippen molar-refractivity contribution in [3.63, 3.8) is 0 Å². The van der Waals surface area contributed by atoms with Gasteiger partial charge < -0.3 is 9.67 Å². The molecule has 100 valence electrons. The van der Waals surface area contributed by atoms with E-state index in [0.29, 0.717) is 15.9 Å². The second kappa shape index (κ2) is 4.81. The lowest BCUT2D eigenvalue weighted by Gasteiger charge is -2.13. The Hall–Kier alpha value is -1.62. The lowest BCUT2D eigenvalue weighted by atomic mass is 10.2. The topological polar surface area (TPSA) is 42.2 Å². The van der Waals surface area contributed by atoms with Gasteiger partial charge in [-0.2, -0.15) is 0 Å². The fraction of sp³-hybridized carbons (Fsp3) is 0.214. The van der Waals surface area contributed by atoms with Gasteiger partial charge in [0, 0.05) is 11.4 Å². The van der Waals surface area contributed by atoms with Crippen molar-refractivity contribution in [2.24, 2.45) is 0 Å². The van der Waals surface area contributed by atoms with Crippen LogP contribution in [0.2, 0.25) is 0 Å². The lowest BCUT2D eigenvalue weighted by molar-refractivity contribution is 0.0696. The Morgan fingerprint density at radius 1 is 1.26 bits per heavy atom. The summed E-state index contributed by atoms with van der Waals surface area (Å²) >= 11 is 3.14. The molecule has 0 unspecified atom stereocenters. The number of aromatic carboxylic acids is 1. The van der Waals surface area contributed by atoms with Crippen molar-refractivity contribution in [1.29, 1.82) is 0 Å². The smallest absolute Gasteiger partial charge is 0.337 e. The molecule has 0 aliphatic rings. The van der Waals surface area contributed by atoms with Gasteiger partial charge in [0.1, 0.15) is 5.82 Å². The van der Waals surface area contributed by atoms with E-state index >= 15 is 0 Å². The summed E-state index contributed by atoms with van der Waals surface area (Å²) in [4.78, 5) is 11.1. The molecule has 1 aromatic heterocycles. The van der Waals surface area contributed by atoms with Crippen LogP contribution in [0.5, 0.6) is 0 Å². The number of carboxylic acids is 1.